The Labute approximate surface area is 94.0 Å². The third-order valence-electron chi connectivity index (χ3n) is 2.48. The van der Waals surface area contributed by atoms with Crippen molar-refractivity contribution in [3.05, 3.63) is 17.0 Å². The first-order chi connectivity index (χ1) is 7.10. The summed E-state index contributed by atoms with van der Waals surface area (Å²) < 4.78 is 26.3. The first-order valence-corrected chi connectivity index (χ1v) is 7.24. The Bertz CT molecular complexity index is 433. The van der Waals surface area contributed by atoms with Crippen LogP contribution in [-0.4, -0.2) is 38.9 Å². The number of hydrogen-bond donors (Lipinski definition) is 1. The number of hydrogen-bond acceptors (Lipinski definition) is 3. The zero-order chi connectivity index (χ0) is 10.9. The highest BCUT2D eigenvalue weighted by molar-refractivity contribution is 7.91. The Kier molecular flexibility index (Phi) is 3.11. The molecule has 2 N–H and O–H groups in total. The van der Waals surface area contributed by atoms with E-state index in [1.54, 1.807) is 10.4 Å². The lowest BCUT2D eigenvalue weighted by Crippen LogP contribution is -2.89. The molecule has 0 radical (unpaired) electrons. The third kappa shape index (κ3) is 2.23. The van der Waals surface area contributed by atoms with E-state index in [0.29, 0.717) is 17.3 Å². The van der Waals surface area contributed by atoms with Gasteiger partial charge in [0.1, 0.15) is 4.21 Å². The molecule has 2 heterocycles. The Hall–Kier alpha value is -0.430. The molecule has 84 valence electrons. The van der Waals surface area contributed by atoms with Gasteiger partial charge in [-0.1, -0.05) is 0 Å². The second-order valence-corrected chi connectivity index (χ2v) is 7.09. The summed E-state index contributed by atoms with van der Waals surface area (Å²) in [5.41, 5.74) is 0. The predicted molar refractivity (Wildman–Crippen MR) is 59.5 cm³/mol. The number of rotatable bonds is 2. The molecule has 2 rings (SSSR count). The van der Waals surface area contributed by atoms with Crippen molar-refractivity contribution in [1.82, 2.24) is 4.31 Å². The molecular formula is C9H15N2O2S2+. The molecule has 1 fully saturated rings. The third-order valence-corrected chi connectivity index (χ3v) is 5.84. The molecule has 0 unspecified atom stereocenters. The van der Waals surface area contributed by atoms with Crippen LogP contribution in [0.3, 0.4) is 0 Å². The van der Waals surface area contributed by atoms with Crippen LogP contribution in [0.25, 0.3) is 0 Å². The number of sulfonamides is 1. The zero-order valence-corrected chi connectivity index (χ0v) is 10.3. The number of nitrogens with zero attached hydrogens (tertiary/aromatic N) is 1. The van der Waals surface area contributed by atoms with Gasteiger partial charge in [0.25, 0.3) is 10.0 Å². The second-order valence-electron chi connectivity index (χ2n) is 3.64. The molecule has 0 saturated carbocycles. The summed E-state index contributed by atoms with van der Waals surface area (Å²) in [4.78, 5) is 1.04. The van der Waals surface area contributed by atoms with E-state index < -0.39 is 10.0 Å². The highest BCUT2D eigenvalue weighted by atomic mass is 32.2. The van der Waals surface area contributed by atoms with Gasteiger partial charge in [-0.2, -0.15) is 4.31 Å². The zero-order valence-electron chi connectivity index (χ0n) is 8.64. The summed E-state index contributed by atoms with van der Waals surface area (Å²) in [7, 11) is -3.21. The van der Waals surface area contributed by atoms with Gasteiger partial charge in [0.05, 0.1) is 26.2 Å². The van der Waals surface area contributed by atoms with Crippen LogP contribution in [-0.2, 0) is 10.0 Å². The minimum atomic E-state index is -3.21. The maximum atomic E-state index is 12.1. The van der Waals surface area contributed by atoms with E-state index in [4.69, 9.17) is 0 Å². The largest absolute Gasteiger partial charge is 0.344 e. The highest BCUT2D eigenvalue weighted by Gasteiger charge is 2.28. The van der Waals surface area contributed by atoms with E-state index in [1.807, 2.05) is 13.0 Å². The van der Waals surface area contributed by atoms with Crippen molar-refractivity contribution < 1.29 is 13.7 Å². The van der Waals surface area contributed by atoms with Gasteiger partial charge in [0.2, 0.25) is 0 Å². The van der Waals surface area contributed by atoms with Gasteiger partial charge in [-0.15, -0.1) is 11.3 Å². The molecule has 1 aliphatic heterocycles. The minimum absolute atomic E-state index is 0.474. The number of nitrogens with two attached hydrogens (primary N) is 1. The van der Waals surface area contributed by atoms with Crippen LogP contribution in [0, 0.1) is 6.92 Å². The molecule has 4 nitrogen and oxygen atoms in total. The number of piperazine rings is 1. The summed E-state index contributed by atoms with van der Waals surface area (Å²) in [6.45, 7) is 4.90. The summed E-state index contributed by atoms with van der Waals surface area (Å²) in [5, 5.41) is 2.14. The predicted octanol–water partition coefficient (Wildman–Crippen LogP) is -0.376. The van der Waals surface area contributed by atoms with Crippen LogP contribution in [0.1, 0.15) is 4.88 Å². The average Bonchev–Trinajstić information content (AvgIpc) is 2.67. The van der Waals surface area contributed by atoms with Gasteiger partial charge >= 0.3 is 0 Å². The van der Waals surface area contributed by atoms with Crippen molar-refractivity contribution >= 4 is 21.4 Å². The molecule has 0 atom stereocenters. The van der Waals surface area contributed by atoms with Gasteiger partial charge in [0, 0.05) is 4.88 Å². The summed E-state index contributed by atoms with van der Waals surface area (Å²) >= 11 is 1.35. The normalized spacial score (nSPS) is 19.3. The van der Waals surface area contributed by atoms with Gasteiger partial charge in [-0.25, -0.2) is 8.42 Å². The van der Waals surface area contributed by atoms with Crippen molar-refractivity contribution in [3.8, 4) is 0 Å². The Balaban J connectivity index is 2.26. The van der Waals surface area contributed by atoms with E-state index in [-0.39, 0.29) is 0 Å². The molecule has 0 aliphatic carbocycles. The molecule has 6 heteroatoms. The molecule has 15 heavy (non-hydrogen) atoms. The fourth-order valence-corrected chi connectivity index (χ4v) is 4.55. The molecule has 0 bridgehead atoms. The smallest absolute Gasteiger partial charge is 0.252 e. The molecule has 0 spiro atoms. The highest BCUT2D eigenvalue weighted by Crippen LogP contribution is 2.23. The average molecular weight is 247 g/mol. The maximum absolute atomic E-state index is 12.1. The SMILES string of the molecule is Cc1ccc(S(=O)(=O)N2CC[NH2+]CC2)s1. The van der Waals surface area contributed by atoms with Crippen molar-refractivity contribution in [2.24, 2.45) is 0 Å². The second kappa shape index (κ2) is 4.21. The molecule has 0 aromatic carbocycles. The van der Waals surface area contributed by atoms with Crippen LogP contribution in [0.15, 0.2) is 16.3 Å². The topological polar surface area (TPSA) is 54.0 Å². The molecular weight excluding hydrogens is 232 g/mol. The number of quaternary nitrogens is 1. The molecule has 1 aliphatic rings. The van der Waals surface area contributed by atoms with Crippen LogP contribution in [0.2, 0.25) is 0 Å². The quantitative estimate of drug-likeness (QED) is 0.775. The van der Waals surface area contributed by atoms with Crippen molar-refractivity contribution in [2.45, 2.75) is 11.1 Å². The lowest BCUT2D eigenvalue weighted by molar-refractivity contribution is -0.661. The number of thiophene rings is 1. The first-order valence-electron chi connectivity index (χ1n) is 4.99. The van der Waals surface area contributed by atoms with Crippen molar-refractivity contribution in [1.29, 1.82) is 0 Å². The molecule has 1 aromatic rings. The fourth-order valence-electron chi connectivity index (χ4n) is 1.65. The number of aryl methyl sites for hydroxylation is 1. The van der Waals surface area contributed by atoms with Crippen LogP contribution in [0.5, 0.6) is 0 Å². The monoisotopic (exact) mass is 247 g/mol. The maximum Gasteiger partial charge on any atom is 0.252 e. The Morgan fingerprint density at radius 3 is 2.53 bits per heavy atom. The Morgan fingerprint density at radius 2 is 2.00 bits per heavy atom. The van der Waals surface area contributed by atoms with Crippen LogP contribution in [0.4, 0.5) is 0 Å². The van der Waals surface area contributed by atoms with Crippen LogP contribution < -0.4 is 5.32 Å². The van der Waals surface area contributed by atoms with Crippen molar-refractivity contribution in [3.63, 3.8) is 0 Å². The molecule has 0 amide bonds. The van der Waals surface area contributed by atoms with E-state index in [1.165, 1.54) is 11.3 Å². The summed E-state index contributed by atoms with van der Waals surface area (Å²) in [6.07, 6.45) is 0. The van der Waals surface area contributed by atoms with E-state index in [2.05, 4.69) is 5.32 Å². The molecule has 1 saturated heterocycles. The van der Waals surface area contributed by atoms with Gasteiger partial charge < -0.3 is 5.32 Å². The van der Waals surface area contributed by atoms with Gasteiger partial charge in [-0.05, 0) is 19.1 Å². The van der Waals surface area contributed by atoms with E-state index in [0.717, 1.165) is 18.0 Å². The van der Waals surface area contributed by atoms with Crippen LogP contribution >= 0.6 is 11.3 Å². The lowest BCUT2D eigenvalue weighted by atomic mass is 10.4. The lowest BCUT2D eigenvalue weighted by Gasteiger charge is -2.23. The fraction of sp³-hybridized carbons (Fsp3) is 0.556. The van der Waals surface area contributed by atoms with Gasteiger partial charge in [-0.3, -0.25) is 0 Å². The summed E-state index contributed by atoms with van der Waals surface area (Å²) in [5.74, 6) is 0. The summed E-state index contributed by atoms with van der Waals surface area (Å²) in [6, 6.07) is 3.56. The Morgan fingerprint density at radius 1 is 1.33 bits per heavy atom. The van der Waals surface area contributed by atoms with E-state index in [9.17, 15) is 8.42 Å². The standard InChI is InChI=1S/C9H14N2O2S2/c1-8-2-3-9(14-8)15(12,13)11-6-4-10-5-7-11/h2-3,10H,4-7H2,1H3/p+1. The molecule has 1 aromatic heterocycles. The van der Waals surface area contributed by atoms with Gasteiger partial charge in [0.15, 0.2) is 0 Å². The minimum Gasteiger partial charge on any atom is -0.344 e. The first kappa shape index (κ1) is 11.1. The van der Waals surface area contributed by atoms with E-state index >= 15 is 0 Å². The van der Waals surface area contributed by atoms with Crippen molar-refractivity contribution in [2.75, 3.05) is 26.2 Å².